The van der Waals surface area contributed by atoms with Crippen LogP contribution < -0.4 is 11.1 Å². The Morgan fingerprint density at radius 3 is 2.50 bits per heavy atom. The van der Waals surface area contributed by atoms with Crippen LogP contribution >= 0.6 is 12.2 Å². The van der Waals surface area contributed by atoms with Gasteiger partial charge in [0.25, 0.3) is 0 Å². The van der Waals surface area contributed by atoms with E-state index in [1.807, 2.05) is 24.3 Å². The Labute approximate surface area is 125 Å². The quantitative estimate of drug-likeness (QED) is 0.658. The Hall–Kier alpha value is -1.42. The van der Waals surface area contributed by atoms with E-state index in [2.05, 4.69) is 5.32 Å². The number of carbonyl (C=O) groups excluding carboxylic acids is 1. The van der Waals surface area contributed by atoms with Gasteiger partial charge in [-0.1, -0.05) is 50.0 Å². The highest BCUT2D eigenvalue weighted by molar-refractivity contribution is 7.80. The number of anilines is 1. The molecule has 0 unspecified atom stereocenters. The van der Waals surface area contributed by atoms with Gasteiger partial charge >= 0.3 is 0 Å². The molecule has 4 heteroatoms. The number of hydrogen-bond acceptors (Lipinski definition) is 2. The smallest absolute Gasteiger partial charge is 0.224 e. The fraction of sp³-hybridized carbons (Fsp3) is 0.500. The maximum Gasteiger partial charge on any atom is 0.224 e. The summed E-state index contributed by atoms with van der Waals surface area (Å²) in [5.41, 5.74) is 7.13. The molecular weight excluding hydrogens is 268 g/mol. The SMILES string of the molecule is NC(=S)c1ccccc1NC(=O)CC1CCCCCC1. The van der Waals surface area contributed by atoms with Crippen LogP contribution in [0.1, 0.15) is 50.5 Å². The molecule has 1 aromatic rings. The number of benzene rings is 1. The number of nitrogens with one attached hydrogen (secondary N) is 1. The molecule has 108 valence electrons. The third kappa shape index (κ3) is 4.30. The highest BCUT2D eigenvalue weighted by Gasteiger charge is 2.17. The lowest BCUT2D eigenvalue weighted by molar-refractivity contribution is -0.117. The number of nitrogens with two attached hydrogens (primary N) is 1. The third-order valence-electron chi connectivity index (χ3n) is 3.92. The summed E-state index contributed by atoms with van der Waals surface area (Å²) in [5, 5.41) is 2.95. The molecule has 0 radical (unpaired) electrons. The lowest BCUT2D eigenvalue weighted by atomic mass is 9.96. The zero-order chi connectivity index (χ0) is 14.4. The predicted molar refractivity (Wildman–Crippen MR) is 86.8 cm³/mol. The molecule has 0 heterocycles. The first-order chi connectivity index (χ1) is 9.66. The van der Waals surface area contributed by atoms with Gasteiger partial charge in [-0.2, -0.15) is 0 Å². The summed E-state index contributed by atoms with van der Waals surface area (Å²) in [6.45, 7) is 0. The van der Waals surface area contributed by atoms with Crippen LogP contribution in [0.2, 0.25) is 0 Å². The molecule has 1 aromatic carbocycles. The molecule has 1 fully saturated rings. The number of rotatable bonds is 4. The molecule has 0 aliphatic heterocycles. The van der Waals surface area contributed by atoms with Crippen LogP contribution in [0.25, 0.3) is 0 Å². The minimum absolute atomic E-state index is 0.0700. The Kier molecular flexibility index (Phi) is 5.53. The summed E-state index contributed by atoms with van der Waals surface area (Å²) in [6, 6.07) is 7.43. The van der Waals surface area contributed by atoms with Gasteiger partial charge in [-0.3, -0.25) is 4.79 Å². The molecule has 1 aliphatic rings. The second-order valence-electron chi connectivity index (χ2n) is 5.52. The molecule has 0 saturated heterocycles. The molecule has 20 heavy (non-hydrogen) atoms. The van der Waals surface area contributed by atoms with Gasteiger partial charge < -0.3 is 11.1 Å². The first-order valence-electron chi connectivity index (χ1n) is 7.35. The van der Waals surface area contributed by atoms with Gasteiger partial charge in [-0.25, -0.2) is 0 Å². The highest BCUT2D eigenvalue weighted by atomic mass is 32.1. The molecule has 0 spiro atoms. The standard InChI is InChI=1S/C16H22N2OS/c17-16(20)13-9-5-6-10-14(13)18-15(19)11-12-7-3-1-2-4-8-12/h5-6,9-10,12H,1-4,7-8,11H2,(H2,17,20)(H,18,19). The summed E-state index contributed by atoms with van der Waals surface area (Å²) in [4.78, 5) is 12.5. The number of amides is 1. The number of para-hydroxylation sites is 1. The lowest BCUT2D eigenvalue weighted by Gasteiger charge is -2.15. The van der Waals surface area contributed by atoms with Gasteiger partial charge in [0.1, 0.15) is 4.99 Å². The van der Waals surface area contributed by atoms with E-state index < -0.39 is 0 Å². The zero-order valence-electron chi connectivity index (χ0n) is 11.7. The molecule has 1 saturated carbocycles. The second kappa shape index (κ2) is 7.39. The molecule has 1 aliphatic carbocycles. The van der Waals surface area contributed by atoms with Crippen molar-refractivity contribution >= 4 is 28.8 Å². The minimum Gasteiger partial charge on any atom is -0.389 e. The molecule has 0 aromatic heterocycles. The predicted octanol–water partition coefficient (Wildman–Crippen LogP) is 3.62. The normalized spacial score (nSPS) is 16.4. The molecule has 3 nitrogen and oxygen atoms in total. The van der Waals surface area contributed by atoms with E-state index in [9.17, 15) is 4.79 Å². The Morgan fingerprint density at radius 2 is 1.85 bits per heavy atom. The summed E-state index contributed by atoms with van der Waals surface area (Å²) in [5.74, 6) is 0.593. The van der Waals surface area contributed by atoms with Crippen LogP contribution in [0.4, 0.5) is 5.69 Å². The van der Waals surface area contributed by atoms with E-state index in [4.69, 9.17) is 18.0 Å². The van der Waals surface area contributed by atoms with Gasteiger partial charge in [0.2, 0.25) is 5.91 Å². The van der Waals surface area contributed by atoms with Crippen molar-refractivity contribution < 1.29 is 4.79 Å². The maximum atomic E-state index is 12.2. The maximum absolute atomic E-state index is 12.2. The van der Waals surface area contributed by atoms with Crippen LogP contribution in [0.15, 0.2) is 24.3 Å². The Morgan fingerprint density at radius 1 is 1.20 bits per heavy atom. The van der Waals surface area contributed by atoms with E-state index in [0.717, 1.165) is 11.3 Å². The van der Waals surface area contributed by atoms with Crippen LogP contribution in [0, 0.1) is 5.92 Å². The zero-order valence-corrected chi connectivity index (χ0v) is 12.5. The summed E-state index contributed by atoms with van der Waals surface area (Å²) >= 11 is 5.01. The first kappa shape index (κ1) is 15.0. The molecule has 1 amide bonds. The topological polar surface area (TPSA) is 55.1 Å². The van der Waals surface area contributed by atoms with Crippen LogP contribution in [-0.4, -0.2) is 10.9 Å². The molecule has 2 rings (SSSR count). The van der Waals surface area contributed by atoms with E-state index >= 15 is 0 Å². The van der Waals surface area contributed by atoms with Crippen LogP contribution in [-0.2, 0) is 4.79 Å². The number of hydrogen-bond donors (Lipinski definition) is 2. The van der Waals surface area contributed by atoms with Crippen molar-refractivity contribution in [2.75, 3.05) is 5.32 Å². The lowest BCUT2D eigenvalue weighted by Crippen LogP contribution is -2.19. The van der Waals surface area contributed by atoms with Crippen molar-refractivity contribution in [2.24, 2.45) is 11.7 Å². The molecular formula is C16H22N2OS. The van der Waals surface area contributed by atoms with Crippen LogP contribution in [0.3, 0.4) is 0 Å². The number of carbonyl (C=O) groups is 1. The van der Waals surface area contributed by atoms with E-state index in [1.54, 1.807) is 0 Å². The Bertz CT molecular complexity index is 479. The fourth-order valence-corrected chi connectivity index (χ4v) is 3.02. The summed E-state index contributed by atoms with van der Waals surface area (Å²) < 4.78 is 0. The monoisotopic (exact) mass is 290 g/mol. The van der Waals surface area contributed by atoms with Crippen molar-refractivity contribution in [3.8, 4) is 0 Å². The molecule has 3 N–H and O–H groups in total. The van der Waals surface area contributed by atoms with E-state index in [1.165, 1.54) is 38.5 Å². The van der Waals surface area contributed by atoms with Crippen LogP contribution in [0.5, 0.6) is 0 Å². The van der Waals surface area contributed by atoms with Crippen molar-refractivity contribution in [1.29, 1.82) is 0 Å². The Balaban J connectivity index is 1.95. The molecule has 0 atom stereocenters. The van der Waals surface area contributed by atoms with Gasteiger partial charge in [-0.05, 0) is 30.9 Å². The van der Waals surface area contributed by atoms with E-state index in [-0.39, 0.29) is 5.91 Å². The van der Waals surface area contributed by atoms with Gasteiger partial charge in [0, 0.05) is 12.0 Å². The van der Waals surface area contributed by atoms with Crippen molar-refractivity contribution in [3.63, 3.8) is 0 Å². The van der Waals surface area contributed by atoms with Gasteiger partial charge in [-0.15, -0.1) is 0 Å². The summed E-state index contributed by atoms with van der Waals surface area (Å²) in [7, 11) is 0. The van der Waals surface area contributed by atoms with Crippen molar-refractivity contribution in [3.05, 3.63) is 29.8 Å². The third-order valence-corrected chi connectivity index (χ3v) is 4.14. The van der Waals surface area contributed by atoms with Gasteiger partial charge in [0.05, 0.1) is 5.69 Å². The largest absolute Gasteiger partial charge is 0.389 e. The van der Waals surface area contributed by atoms with Crippen molar-refractivity contribution in [1.82, 2.24) is 0 Å². The highest BCUT2D eigenvalue weighted by Crippen LogP contribution is 2.26. The van der Waals surface area contributed by atoms with Gasteiger partial charge in [0.15, 0.2) is 0 Å². The van der Waals surface area contributed by atoms with E-state index in [0.29, 0.717) is 17.3 Å². The minimum atomic E-state index is 0.0700. The fourth-order valence-electron chi connectivity index (χ4n) is 2.84. The second-order valence-corrected chi connectivity index (χ2v) is 5.96. The first-order valence-corrected chi connectivity index (χ1v) is 7.76. The average Bonchev–Trinajstić information content (AvgIpc) is 2.67. The average molecular weight is 290 g/mol. The number of thiocarbonyl (C=S) groups is 1. The van der Waals surface area contributed by atoms with Crippen molar-refractivity contribution in [2.45, 2.75) is 44.9 Å². The molecule has 0 bridgehead atoms. The summed E-state index contributed by atoms with van der Waals surface area (Å²) in [6.07, 6.45) is 8.06.